The van der Waals surface area contributed by atoms with E-state index in [1.54, 1.807) is 29.2 Å². The van der Waals surface area contributed by atoms with E-state index in [9.17, 15) is 9.59 Å². The fourth-order valence-corrected chi connectivity index (χ4v) is 5.13. The number of amidine groups is 2. The van der Waals surface area contributed by atoms with Gasteiger partial charge in [-0.15, -0.1) is 0 Å². The SMILES string of the molecule is Cc1cccc(COc2ccc(/C=C3/C(=N)N4N=C(CC(=O)N5CCOCC5)SC4=NC3=O)cc2Cl)c1. The van der Waals surface area contributed by atoms with E-state index in [1.165, 1.54) is 5.01 Å². The predicted octanol–water partition coefficient (Wildman–Crippen LogP) is 4.10. The van der Waals surface area contributed by atoms with Crippen molar-refractivity contribution in [2.24, 2.45) is 10.1 Å². The number of rotatable bonds is 6. The van der Waals surface area contributed by atoms with Crippen LogP contribution in [0.5, 0.6) is 5.75 Å². The number of thioether (sulfide) groups is 1. The number of aryl methyl sites for hydroxylation is 1. The molecule has 1 saturated heterocycles. The Labute approximate surface area is 223 Å². The number of amides is 2. The van der Waals surface area contributed by atoms with Gasteiger partial charge in [0.1, 0.15) is 17.4 Å². The van der Waals surface area contributed by atoms with E-state index < -0.39 is 5.91 Å². The smallest absolute Gasteiger partial charge is 0.283 e. The minimum Gasteiger partial charge on any atom is -0.487 e. The van der Waals surface area contributed by atoms with Crippen LogP contribution in [0, 0.1) is 12.3 Å². The second-order valence-electron chi connectivity index (χ2n) is 8.65. The number of ether oxygens (including phenoxy) is 2. The topological polar surface area (TPSA) is 108 Å². The maximum Gasteiger partial charge on any atom is 0.283 e. The Balaban J connectivity index is 1.27. The minimum absolute atomic E-state index is 0.0667. The molecule has 1 fully saturated rings. The molecule has 5 rings (SSSR count). The van der Waals surface area contributed by atoms with Crippen LogP contribution < -0.4 is 4.74 Å². The van der Waals surface area contributed by atoms with Gasteiger partial charge in [-0.25, -0.2) is 0 Å². The first-order valence-electron chi connectivity index (χ1n) is 11.7. The van der Waals surface area contributed by atoms with Crippen molar-refractivity contribution in [3.05, 3.63) is 69.8 Å². The average molecular weight is 538 g/mol. The molecule has 2 aromatic carbocycles. The first-order chi connectivity index (χ1) is 17.9. The molecule has 1 N–H and O–H groups in total. The number of hydrogen-bond acceptors (Lipinski definition) is 7. The number of fused-ring (bicyclic) bond motifs is 1. The fourth-order valence-electron chi connectivity index (χ4n) is 4.01. The number of nitrogens with one attached hydrogen (secondary N) is 1. The lowest BCUT2D eigenvalue weighted by Crippen LogP contribution is -2.41. The molecule has 3 aliphatic heterocycles. The van der Waals surface area contributed by atoms with Crippen molar-refractivity contribution in [3.63, 3.8) is 0 Å². The third-order valence-corrected chi connectivity index (χ3v) is 7.11. The number of halogens is 1. The summed E-state index contributed by atoms with van der Waals surface area (Å²) in [6.07, 6.45) is 1.64. The molecule has 0 saturated carbocycles. The highest BCUT2D eigenvalue weighted by Crippen LogP contribution is 2.31. The van der Waals surface area contributed by atoms with Gasteiger partial charge in [-0.2, -0.15) is 15.1 Å². The summed E-state index contributed by atoms with van der Waals surface area (Å²) in [4.78, 5) is 31.1. The van der Waals surface area contributed by atoms with Crippen LogP contribution in [0.1, 0.15) is 23.1 Å². The molecule has 11 heteroatoms. The number of carbonyl (C=O) groups excluding carboxylic acids is 2. The van der Waals surface area contributed by atoms with Crippen molar-refractivity contribution >= 4 is 57.3 Å². The zero-order chi connectivity index (χ0) is 25.9. The average Bonchev–Trinajstić information content (AvgIpc) is 3.29. The molecule has 2 amide bonds. The van der Waals surface area contributed by atoms with Gasteiger partial charge < -0.3 is 14.4 Å². The molecule has 0 spiro atoms. The van der Waals surface area contributed by atoms with Crippen LogP contribution in [-0.4, -0.2) is 64.1 Å². The number of aliphatic imine (C=N–C) groups is 1. The Hall–Kier alpha value is -3.47. The van der Waals surface area contributed by atoms with E-state index in [1.807, 2.05) is 31.2 Å². The van der Waals surface area contributed by atoms with Crippen molar-refractivity contribution in [3.8, 4) is 5.75 Å². The van der Waals surface area contributed by atoms with Gasteiger partial charge in [0.2, 0.25) is 11.1 Å². The van der Waals surface area contributed by atoms with Crippen LogP contribution >= 0.6 is 23.4 Å². The molecular formula is C26H24ClN5O4S. The maximum absolute atomic E-state index is 12.7. The van der Waals surface area contributed by atoms with Gasteiger partial charge >= 0.3 is 0 Å². The number of morpholine rings is 1. The van der Waals surface area contributed by atoms with Crippen LogP contribution in [0.15, 0.2) is 58.1 Å². The molecular weight excluding hydrogens is 514 g/mol. The van der Waals surface area contributed by atoms with Crippen molar-refractivity contribution in [1.29, 1.82) is 5.41 Å². The molecule has 0 bridgehead atoms. The van der Waals surface area contributed by atoms with E-state index in [2.05, 4.69) is 10.1 Å². The van der Waals surface area contributed by atoms with Gasteiger partial charge in [-0.1, -0.05) is 47.5 Å². The van der Waals surface area contributed by atoms with E-state index in [-0.39, 0.29) is 28.9 Å². The van der Waals surface area contributed by atoms with Crippen molar-refractivity contribution in [2.75, 3.05) is 26.3 Å². The van der Waals surface area contributed by atoms with Gasteiger partial charge in [0.05, 0.1) is 30.2 Å². The Kier molecular flexibility index (Phi) is 7.40. The molecule has 0 radical (unpaired) electrons. The van der Waals surface area contributed by atoms with Gasteiger partial charge in [0.25, 0.3) is 5.91 Å². The first-order valence-corrected chi connectivity index (χ1v) is 12.9. The molecule has 3 aliphatic rings. The van der Waals surface area contributed by atoms with Crippen LogP contribution in [0.4, 0.5) is 0 Å². The Morgan fingerprint density at radius 1 is 1.24 bits per heavy atom. The predicted molar refractivity (Wildman–Crippen MR) is 144 cm³/mol. The number of nitrogens with zero attached hydrogens (tertiary/aromatic N) is 4. The van der Waals surface area contributed by atoms with Gasteiger partial charge in [0.15, 0.2) is 5.84 Å². The van der Waals surface area contributed by atoms with Crippen molar-refractivity contribution < 1.29 is 19.1 Å². The molecule has 3 heterocycles. The van der Waals surface area contributed by atoms with E-state index >= 15 is 0 Å². The molecule has 9 nitrogen and oxygen atoms in total. The van der Waals surface area contributed by atoms with Gasteiger partial charge in [-0.3, -0.25) is 15.0 Å². The number of benzene rings is 2. The summed E-state index contributed by atoms with van der Waals surface area (Å²) < 4.78 is 11.1. The van der Waals surface area contributed by atoms with E-state index in [4.69, 9.17) is 26.5 Å². The molecule has 0 unspecified atom stereocenters. The highest BCUT2D eigenvalue weighted by atomic mass is 35.5. The lowest BCUT2D eigenvalue weighted by Gasteiger charge is -2.26. The molecule has 190 valence electrons. The molecule has 0 aliphatic carbocycles. The highest BCUT2D eigenvalue weighted by Gasteiger charge is 2.36. The lowest BCUT2D eigenvalue weighted by molar-refractivity contribution is -0.133. The summed E-state index contributed by atoms with van der Waals surface area (Å²) in [6, 6.07) is 13.2. The number of hydrogen-bond donors (Lipinski definition) is 1. The third-order valence-electron chi connectivity index (χ3n) is 5.91. The second-order valence-corrected chi connectivity index (χ2v) is 10.1. The quantitative estimate of drug-likeness (QED) is 0.556. The summed E-state index contributed by atoms with van der Waals surface area (Å²) in [5.41, 5.74) is 2.89. The van der Waals surface area contributed by atoms with Crippen molar-refractivity contribution in [1.82, 2.24) is 9.91 Å². The standard InChI is InChI=1S/C26H24ClN5O4S/c1-16-3-2-4-18(11-16)15-36-21-6-5-17(13-20(21)27)12-19-24(28)32-26(29-25(19)34)37-22(30-32)14-23(33)31-7-9-35-10-8-31/h2-6,11-13,28H,7-10,14-15H2,1H3/b19-12-,28-24?. The fraction of sp³-hybridized carbons (Fsp3) is 0.269. The van der Waals surface area contributed by atoms with Crippen LogP contribution in [0.2, 0.25) is 5.02 Å². The summed E-state index contributed by atoms with van der Waals surface area (Å²) in [5, 5.41) is 15.4. The van der Waals surface area contributed by atoms with Crippen LogP contribution in [0.25, 0.3) is 6.08 Å². The zero-order valence-corrected chi connectivity index (χ0v) is 21.6. The lowest BCUT2D eigenvalue weighted by atomic mass is 10.1. The van der Waals surface area contributed by atoms with E-state index in [0.29, 0.717) is 54.3 Å². The first kappa shape index (κ1) is 25.2. The molecule has 2 aromatic rings. The summed E-state index contributed by atoms with van der Waals surface area (Å²) >= 11 is 7.57. The minimum atomic E-state index is -0.546. The monoisotopic (exact) mass is 537 g/mol. The van der Waals surface area contributed by atoms with Crippen LogP contribution in [-0.2, 0) is 20.9 Å². The summed E-state index contributed by atoms with van der Waals surface area (Å²) in [6.45, 7) is 4.52. The van der Waals surface area contributed by atoms with E-state index in [0.717, 1.165) is 22.9 Å². The Bertz CT molecular complexity index is 1370. The van der Waals surface area contributed by atoms with Gasteiger partial charge in [-0.05, 0) is 48.0 Å². The second kappa shape index (κ2) is 10.9. The Morgan fingerprint density at radius 2 is 2.05 bits per heavy atom. The zero-order valence-electron chi connectivity index (χ0n) is 20.1. The maximum atomic E-state index is 12.7. The third kappa shape index (κ3) is 5.76. The molecule has 0 atom stereocenters. The number of hydrazone groups is 1. The largest absolute Gasteiger partial charge is 0.487 e. The van der Waals surface area contributed by atoms with Gasteiger partial charge in [0, 0.05) is 13.1 Å². The molecule has 0 aromatic heterocycles. The highest BCUT2D eigenvalue weighted by molar-refractivity contribution is 8.27. The normalized spacial score (nSPS) is 18.6. The Morgan fingerprint density at radius 3 is 2.81 bits per heavy atom. The number of carbonyl (C=O) groups is 2. The summed E-state index contributed by atoms with van der Waals surface area (Å²) in [7, 11) is 0. The summed E-state index contributed by atoms with van der Waals surface area (Å²) in [5.74, 6) is -0.198. The molecule has 37 heavy (non-hydrogen) atoms. The van der Waals surface area contributed by atoms with Crippen molar-refractivity contribution in [2.45, 2.75) is 20.0 Å². The van der Waals surface area contributed by atoms with Crippen LogP contribution in [0.3, 0.4) is 0 Å².